The van der Waals surface area contributed by atoms with Crippen LogP contribution in [0.3, 0.4) is 0 Å². The van der Waals surface area contributed by atoms with E-state index in [0.717, 1.165) is 73.2 Å². The van der Waals surface area contributed by atoms with Crippen LogP contribution >= 0.6 is 0 Å². The van der Waals surface area contributed by atoms with Crippen LogP contribution in [-0.4, -0.2) is 68.8 Å². The molecule has 3 aliphatic rings. The lowest BCUT2D eigenvalue weighted by Crippen LogP contribution is -2.48. The Balaban J connectivity index is 1.16. The Hall–Kier alpha value is -4.34. The summed E-state index contributed by atoms with van der Waals surface area (Å²) >= 11 is 0. The summed E-state index contributed by atoms with van der Waals surface area (Å²) in [5.74, 6) is 2.49. The van der Waals surface area contributed by atoms with Gasteiger partial charge >= 0.3 is 0 Å². The van der Waals surface area contributed by atoms with Crippen LogP contribution in [-0.2, 0) is 30.7 Å². The Morgan fingerprint density at radius 3 is 2.51 bits per heavy atom. The van der Waals surface area contributed by atoms with Gasteiger partial charge in [0.05, 0.1) is 0 Å². The molecule has 1 aromatic heterocycles. The number of rotatable bonds is 8. The molecule has 3 heterocycles. The van der Waals surface area contributed by atoms with Crippen LogP contribution in [0.1, 0.15) is 45.2 Å². The number of fused-ring (bicyclic) bond motifs is 2. The molecule has 0 amide bonds. The lowest BCUT2D eigenvalue weighted by Gasteiger charge is -2.40. The monoisotopic (exact) mass is 576 g/mol. The van der Waals surface area contributed by atoms with E-state index < -0.39 is 0 Å². The number of aryl methyl sites for hydroxylation is 4. The third kappa shape index (κ3) is 5.70. The van der Waals surface area contributed by atoms with E-state index in [-0.39, 0.29) is 18.6 Å². The number of hydrogen-bond acceptors (Lipinski definition) is 8. The lowest BCUT2D eigenvalue weighted by molar-refractivity contribution is -0.115. The molecule has 9 nitrogen and oxygen atoms in total. The number of ether oxygens (including phenoxy) is 2. The number of carbonyl (C=O) groups excluding carboxylic acids is 1. The summed E-state index contributed by atoms with van der Waals surface area (Å²) in [5, 5.41) is 13.0. The predicted molar refractivity (Wildman–Crippen MR) is 163 cm³/mol. The van der Waals surface area contributed by atoms with Crippen molar-refractivity contribution in [3.05, 3.63) is 105 Å². The van der Waals surface area contributed by atoms with E-state index in [1.165, 1.54) is 22.3 Å². The molecule has 1 fully saturated rings. The van der Waals surface area contributed by atoms with E-state index in [1.54, 1.807) is 0 Å². The van der Waals surface area contributed by atoms with Crippen LogP contribution in [0.15, 0.2) is 66.2 Å². The molecule has 2 aliphatic heterocycles. The first-order valence-electron chi connectivity index (χ1n) is 15.0. The number of benzene rings is 3. The van der Waals surface area contributed by atoms with E-state index in [1.807, 2.05) is 28.9 Å². The standard InChI is InChI=1S/C34H36N6O3/c1-23-16-27-19-29(30(41)20-28(27)17-24(23)2)33(34-35-36-37-40(34)11-10-25-6-4-3-5-7-25)39-14-12-38(13-15-39)21-26-8-9-31-32(18-26)43-22-42-31/h3-9,16-19,33H,10-15,20-22H2,1-2H3. The predicted octanol–water partition coefficient (Wildman–Crippen LogP) is 4.33. The zero-order valence-electron chi connectivity index (χ0n) is 24.7. The highest BCUT2D eigenvalue weighted by Gasteiger charge is 2.36. The van der Waals surface area contributed by atoms with E-state index in [0.29, 0.717) is 13.0 Å². The second kappa shape index (κ2) is 11.7. The SMILES string of the molecule is Cc1cc2c(cc1C)CC(=O)C(C(c1nnnn1CCc1ccccc1)N1CCN(Cc3ccc4c(c3)OCO4)CC1)=C2. The normalized spacial score (nSPS) is 17.5. The number of hydrogen-bond donors (Lipinski definition) is 0. The van der Waals surface area contributed by atoms with Gasteiger partial charge in [0.1, 0.15) is 6.04 Å². The highest BCUT2D eigenvalue weighted by molar-refractivity contribution is 6.04. The van der Waals surface area contributed by atoms with Crippen molar-refractivity contribution < 1.29 is 14.3 Å². The maximum Gasteiger partial charge on any atom is 0.231 e. The van der Waals surface area contributed by atoms with Crippen LogP contribution in [0.25, 0.3) is 6.08 Å². The van der Waals surface area contributed by atoms with Gasteiger partial charge in [0.25, 0.3) is 0 Å². The Bertz CT molecular complexity index is 1670. The first-order chi connectivity index (χ1) is 21.0. The summed E-state index contributed by atoms with van der Waals surface area (Å²) in [6.07, 6.45) is 3.30. The van der Waals surface area contributed by atoms with Crippen LogP contribution in [0, 0.1) is 13.8 Å². The van der Waals surface area contributed by atoms with Crippen molar-refractivity contribution in [1.82, 2.24) is 30.0 Å². The number of piperazine rings is 1. The highest BCUT2D eigenvalue weighted by atomic mass is 16.7. The van der Waals surface area contributed by atoms with Crippen molar-refractivity contribution in [3.63, 3.8) is 0 Å². The van der Waals surface area contributed by atoms with Gasteiger partial charge in [-0.15, -0.1) is 5.10 Å². The topological polar surface area (TPSA) is 85.6 Å². The molecule has 43 heavy (non-hydrogen) atoms. The summed E-state index contributed by atoms with van der Waals surface area (Å²) in [6.45, 7) is 9.31. The maximum absolute atomic E-state index is 13.8. The Labute approximate surface area is 251 Å². The van der Waals surface area contributed by atoms with Gasteiger partial charge < -0.3 is 9.47 Å². The highest BCUT2D eigenvalue weighted by Crippen LogP contribution is 2.36. The molecule has 9 heteroatoms. The summed E-state index contributed by atoms with van der Waals surface area (Å²) < 4.78 is 13.0. The number of ketones is 1. The summed E-state index contributed by atoms with van der Waals surface area (Å²) in [5.41, 5.74) is 7.85. The third-order valence-corrected chi connectivity index (χ3v) is 8.91. The molecular weight excluding hydrogens is 540 g/mol. The Morgan fingerprint density at radius 2 is 1.67 bits per heavy atom. The molecule has 0 radical (unpaired) electrons. The van der Waals surface area contributed by atoms with Crippen molar-refractivity contribution in [2.45, 2.75) is 45.8 Å². The summed E-state index contributed by atoms with van der Waals surface area (Å²) in [4.78, 5) is 18.6. The third-order valence-electron chi connectivity index (χ3n) is 8.91. The smallest absolute Gasteiger partial charge is 0.231 e. The summed E-state index contributed by atoms with van der Waals surface area (Å²) in [7, 11) is 0. The van der Waals surface area contributed by atoms with Crippen LogP contribution in [0.5, 0.6) is 11.5 Å². The fourth-order valence-electron chi connectivity index (χ4n) is 6.36. The second-order valence-corrected chi connectivity index (χ2v) is 11.7. The van der Waals surface area contributed by atoms with E-state index in [2.05, 4.69) is 81.6 Å². The van der Waals surface area contributed by atoms with Crippen molar-refractivity contribution in [2.24, 2.45) is 0 Å². The zero-order chi connectivity index (χ0) is 29.3. The van der Waals surface area contributed by atoms with Gasteiger partial charge in [-0.3, -0.25) is 14.6 Å². The number of aromatic nitrogens is 4. The minimum absolute atomic E-state index is 0.140. The Morgan fingerprint density at radius 1 is 0.884 bits per heavy atom. The fraction of sp³-hybridized carbons (Fsp3) is 0.353. The molecule has 0 N–H and O–H groups in total. The van der Waals surface area contributed by atoms with Gasteiger partial charge in [0.2, 0.25) is 6.79 Å². The first-order valence-corrected chi connectivity index (χ1v) is 15.0. The Kier molecular flexibility index (Phi) is 7.51. The second-order valence-electron chi connectivity index (χ2n) is 11.7. The van der Waals surface area contributed by atoms with Gasteiger partial charge in [-0.1, -0.05) is 48.5 Å². The van der Waals surface area contributed by atoms with Crippen molar-refractivity contribution in [3.8, 4) is 11.5 Å². The lowest BCUT2D eigenvalue weighted by atomic mass is 9.85. The van der Waals surface area contributed by atoms with Crippen molar-refractivity contribution in [2.75, 3.05) is 33.0 Å². The molecule has 1 atom stereocenters. The van der Waals surface area contributed by atoms with Crippen molar-refractivity contribution in [1.29, 1.82) is 0 Å². The molecule has 4 aromatic rings. The quantitative estimate of drug-likeness (QED) is 0.307. The number of carbonyl (C=O) groups is 1. The molecular formula is C34H36N6O3. The minimum atomic E-state index is -0.319. The molecule has 220 valence electrons. The van der Waals surface area contributed by atoms with E-state index in [4.69, 9.17) is 9.47 Å². The molecule has 3 aromatic carbocycles. The largest absolute Gasteiger partial charge is 0.454 e. The van der Waals surface area contributed by atoms with Crippen molar-refractivity contribution >= 4 is 11.9 Å². The van der Waals surface area contributed by atoms with Crippen LogP contribution in [0.4, 0.5) is 0 Å². The molecule has 1 unspecified atom stereocenters. The minimum Gasteiger partial charge on any atom is -0.454 e. The number of Topliss-reactive ketones (excluding diaryl/α,β-unsaturated/α-hetero) is 1. The molecule has 1 saturated heterocycles. The maximum atomic E-state index is 13.8. The molecule has 1 aliphatic carbocycles. The van der Waals surface area contributed by atoms with Gasteiger partial charge in [-0.25, -0.2) is 4.68 Å². The molecule has 0 spiro atoms. The zero-order valence-corrected chi connectivity index (χ0v) is 24.7. The number of tetrazole rings is 1. The van der Waals surface area contributed by atoms with Gasteiger partial charge in [0.15, 0.2) is 23.1 Å². The molecule has 0 saturated carbocycles. The number of nitrogens with zero attached hydrogens (tertiary/aromatic N) is 6. The average molecular weight is 577 g/mol. The summed E-state index contributed by atoms with van der Waals surface area (Å²) in [6, 6.07) is 20.6. The van der Waals surface area contributed by atoms with Crippen LogP contribution in [0.2, 0.25) is 0 Å². The van der Waals surface area contributed by atoms with E-state index in [9.17, 15) is 4.79 Å². The van der Waals surface area contributed by atoms with Gasteiger partial charge in [0, 0.05) is 51.3 Å². The van der Waals surface area contributed by atoms with E-state index >= 15 is 0 Å². The average Bonchev–Trinajstić information content (AvgIpc) is 3.68. The molecule has 7 rings (SSSR count). The van der Waals surface area contributed by atoms with Gasteiger partial charge in [-0.2, -0.15) is 0 Å². The van der Waals surface area contributed by atoms with Crippen LogP contribution < -0.4 is 9.47 Å². The molecule has 0 bridgehead atoms. The first kappa shape index (κ1) is 27.5. The van der Waals surface area contributed by atoms with Gasteiger partial charge in [-0.05, 0) is 82.3 Å². The fourth-order valence-corrected chi connectivity index (χ4v) is 6.36.